The van der Waals surface area contributed by atoms with Gasteiger partial charge in [-0.3, -0.25) is 4.79 Å². The lowest BCUT2D eigenvalue weighted by atomic mass is 10.3. The first-order chi connectivity index (χ1) is 8.65. The molecule has 0 aliphatic rings. The van der Waals surface area contributed by atoms with Gasteiger partial charge in [-0.05, 0) is 5.75 Å². The molecule has 10 heteroatoms. The summed E-state index contributed by atoms with van der Waals surface area (Å²) in [5.41, 5.74) is 0. The zero-order valence-corrected chi connectivity index (χ0v) is 11.2. The average molecular weight is 300 g/mol. The number of thioether (sulfide) groups is 1. The Bertz CT molecular complexity index is 430. The first kappa shape index (κ1) is 17.7. The van der Waals surface area contributed by atoms with Crippen LogP contribution in [-0.2, 0) is 11.8 Å². The van der Waals surface area contributed by atoms with E-state index in [0.717, 1.165) is 5.75 Å². The van der Waals surface area contributed by atoms with E-state index >= 15 is 0 Å². The predicted molar refractivity (Wildman–Crippen MR) is 64.4 cm³/mol. The van der Waals surface area contributed by atoms with Gasteiger partial charge < -0.3 is 17.3 Å². The second-order valence-corrected chi connectivity index (χ2v) is 4.62. The normalized spacial score (nSPS) is 10.6. The molecule has 0 aliphatic heterocycles. The van der Waals surface area contributed by atoms with Crippen LogP contribution in [0.5, 0.6) is 0 Å². The van der Waals surface area contributed by atoms with Crippen molar-refractivity contribution in [1.82, 2.24) is 4.57 Å². The van der Waals surface area contributed by atoms with Gasteiger partial charge in [-0.15, -0.1) is 0 Å². The number of carbonyl (C=O) groups is 2. The SMILES string of the molecule is CCSCC(=O)C(=O)n1cc[n+](C)c1.F[B-](F)(F)F. The van der Waals surface area contributed by atoms with Crippen LogP contribution >= 0.6 is 11.8 Å². The molecule has 0 N–H and O–H groups in total. The highest BCUT2D eigenvalue weighted by Gasteiger charge is 2.21. The molecule has 0 aromatic carbocycles. The molecule has 0 unspecified atom stereocenters. The predicted octanol–water partition coefficient (Wildman–Crippen LogP) is 1.57. The van der Waals surface area contributed by atoms with Gasteiger partial charge in [0, 0.05) is 0 Å². The molecular formula is C9H13BF4N2O2S. The van der Waals surface area contributed by atoms with Gasteiger partial charge in [0.05, 0.1) is 12.8 Å². The number of rotatable bonds is 4. The summed E-state index contributed by atoms with van der Waals surface area (Å²) < 4.78 is 42.0. The Morgan fingerprint density at radius 1 is 1.32 bits per heavy atom. The minimum atomic E-state index is -6.00. The fourth-order valence-corrected chi connectivity index (χ4v) is 1.48. The molecule has 0 radical (unpaired) electrons. The molecule has 0 fully saturated rings. The van der Waals surface area contributed by atoms with Crippen LogP contribution < -0.4 is 4.57 Å². The maximum absolute atomic E-state index is 11.5. The zero-order chi connectivity index (χ0) is 15.1. The molecule has 19 heavy (non-hydrogen) atoms. The molecule has 1 aromatic heterocycles. The third-order valence-electron chi connectivity index (χ3n) is 1.68. The summed E-state index contributed by atoms with van der Waals surface area (Å²) in [6.45, 7) is 1.96. The fraction of sp³-hybridized carbons (Fsp3) is 0.444. The van der Waals surface area contributed by atoms with Crippen LogP contribution in [0.2, 0.25) is 0 Å². The highest BCUT2D eigenvalue weighted by molar-refractivity contribution is 8.00. The number of halogens is 4. The molecule has 0 aliphatic carbocycles. The van der Waals surface area contributed by atoms with Gasteiger partial charge in [0.2, 0.25) is 0 Å². The summed E-state index contributed by atoms with van der Waals surface area (Å²) in [7, 11) is -4.20. The minimum Gasteiger partial charge on any atom is -0.418 e. The Kier molecular flexibility index (Phi) is 7.42. The van der Waals surface area contributed by atoms with Gasteiger partial charge in [0.25, 0.3) is 12.1 Å². The Labute approximate surface area is 111 Å². The lowest BCUT2D eigenvalue weighted by Gasteiger charge is -1.94. The molecule has 4 nitrogen and oxygen atoms in total. The molecule has 108 valence electrons. The third kappa shape index (κ3) is 9.29. The van der Waals surface area contributed by atoms with Crippen molar-refractivity contribution in [2.45, 2.75) is 6.92 Å². The van der Waals surface area contributed by atoms with Gasteiger partial charge >= 0.3 is 13.2 Å². The van der Waals surface area contributed by atoms with E-state index in [1.807, 2.05) is 6.92 Å². The molecule has 1 aromatic rings. The number of hydrogen-bond acceptors (Lipinski definition) is 3. The number of hydrogen-bond donors (Lipinski definition) is 0. The van der Waals surface area contributed by atoms with E-state index in [9.17, 15) is 26.9 Å². The Morgan fingerprint density at radius 3 is 2.21 bits per heavy atom. The van der Waals surface area contributed by atoms with Crippen LogP contribution in [-0.4, -0.2) is 35.0 Å². The highest BCUT2D eigenvalue weighted by atomic mass is 32.2. The van der Waals surface area contributed by atoms with E-state index in [1.54, 1.807) is 30.3 Å². The number of aromatic nitrogens is 2. The van der Waals surface area contributed by atoms with E-state index < -0.39 is 13.2 Å². The zero-order valence-electron chi connectivity index (χ0n) is 10.4. The largest absolute Gasteiger partial charge is 0.673 e. The monoisotopic (exact) mass is 300 g/mol. The van der Waals surface area contributed by atoms with E-state index in [0.29, 0.717) is 0 Å². The van der Waals surface area contributed by atoms with Crippen molar-refractivity contribution in [3.05, 3.63) is 18.7 Å². The van der Waals surface area contributed by atoms with Gasteiger partial charge in [-0.2, -0.15) is 16.3 Å². The van der Waals surface area contributed by atoms with Crippen LogP contribution in [0.4, 0.5) is 17.3 Å². The fourth-order valence-electron chi connectivity index (χ4n) is 0.971. The van der Waals surface area contributed by atoms with Gasteiger partial charge in [-0.25, -0.2) is 9.36 Å². The second kappa shape index (κ2) is 7.98. The Balaban J connectivity index is 0.000000555. The molecule has 0 saturated heterocycles. The first-order valence-electron chi connectivity index (χ1n) is 5.21. The van der Waals surface area contributed by atoms with Gasteiger partial charge in [0.1, 0.15) is 12.4 Å². The number of Topliss-reactive ketones (excluding diaryl/α,β-unsaturated/α-hetero) is 1. The van der Waals surface area contributed by atoms with Crippen LogP contribution in [0.1, 0.15) is 11.7 Å². The third-order valence-corrected chi connectivity index (χ3v) is 2.55. The van der Waals surface area contributed by atoms with Crippen molar-refractivity contribution in [2.75, 3.05) is 11.5 Å². The number of nitrogens with zero attached hydrogens (tertiary/aromatic N) is 2. The summed E-state index contributed by atoms with van der Waals surface area (Å²) in [6, 6.07) is 0. The molecule has 0 spiro atoms. The number of ketones is 1. The van der Waals surface area contributed by atoms with E-state index in [1.165, 1.54) is 16.3 Å². The van der Waals surface area contributed by atoms with Crippen LogP contribution in [0.25, 0.3) is 0 Å². The van der Waals surface area contributed by atoms with Crippen molar-refractivity contribution in [3.8, 4) is 0 Å². The molecule has 0 atom stereocenters. The van der Waals surface area contributed by atoms with Gasteiger partial charge in [-0.1, -0.05) is 6.92 Å². The Hall–Kier alpha value is -1.32. The van der Waals surface area contributed by atoms with Crippen molar-refractivity contribution >= 4 is 30.7 Å². The molecule has 0 bridgehead atoms. The smallest absolute Gasteiger partial charge is 0.418 e. The van der Waals surface area contributed by atoms with Crippen LogP contribution in [0.3, 0.4) is 0 Å². The minimum absolute atomic E-state index is 0.261. The van der Waals surface area contributed by atoms with Crippen molar-refractivity contribution in [1.29, 1.82) is 0 Å². The molecule has 0 amide bonds. The highest BCUT2D eigenvalue weighted by Crippen LogP contribution is 2.06. The van der Waals surface area contributed by atoms with Crippen LogP contribution in [0.15, 0.2) is 18.7 Å². The summed E-state index contributed by atoms with van der Waals surface area (Å²) in [4.78, 5) is 22.8. The molecule has 1 rings (SSSR count). The number of aryl methyl sites for hydroxylation is 1. The second-order valence-electron chi connectivity index (χ2n) is 3.35. The summed E-state index contributed by atoms with van der Waals surface area (Å²) in [6.07, 6.45) is 4.88. The van der Waals surface area contributed by atoms with E-state index in [4.69, 9.17) is 0 Å². The standard InChI is InChI=1S/C9H13N2O2S.BF4/c1-3-14-6-8(12)9(13)11-5-4-10(2)7-11;2-1(3,4)5/h4-5,7H,3,6H2,1-2H3;/q+1;-1. The van der Waals surface area contributed by atoms with Crippen molar-refractivity contribution in [2.24, 2.45) is 7.05 Å². The van der Waals surface area contributed by atoms with E-state index in [-0.39, 0.29) is 11.5 Å². The summed E-state index contributed by atoms with van der Waals surface area (Å²) in [5, 5.41) is 0. The van der Waals surface area contributed by atoms with E-state index in [2.05, 4.69) is 0 Å². The Morgan fingerprint density at radius 2 is 1.84 bits per heavy atom. The quantitative estimate of drug-likeness (QED) is 0.367. The maximum atomic E-state index is 11.5. The lowest BCUT2D eigenvalue weighted by molar-refractivity contribution is -0.670. The van der Waals surface area contributed by atoms with Crippen molar-refractivity contribution in [3.63, 3.8) is 0 Å². The topological polar surface area (TPSA) is 43.0 Å². The lowest BCUT2D eigenvalue weighted by Crippen LogP contribution is -2.27. The summed E-state index contributed by atoms with van der Waals surface area (Å²) in [5.74, 6) is 0.287. The average Bonchev–Trinajstić information content (AvgIpc) is 2.69. The van der Waals surface area contributed by atoms with Crippen LogP contribution in [0, 0.1) is 0 Å². The molecule has 1 heterocycles. The number of carbonyl (C=O) groups excluding carboxylic acids is 2. The number of imidazole rings is 1. The van der Waals surface area contributed by atoms with Crippen molar-refractivity contribution < 1.29 is 31.4 Å². The molecule has 0 saturated carbocycles. The molecular weight excluding hydrogens is 287 g/mol. The first-order valence-corrected chi connectivity index (χ1v) is 6.36. The van der Waals surface area contributed by atoms with Gasteiger partial charge in [0.15, 0.2) is 0 Å². The summed E-state index contributed by atoms with van der Waals surface area (Å²) >= 11 is 1.46. The maximum Gasteiger partial charge on any atom is 0.673 e.